The Morgan fingerprint density at radius 2 is 1.31 bits per heavy atom. The van der Waals surface area contributed by atoms with Crippen molar-refractivity contribution in [3.63, 3.8) is 0 Å². The lowest BCUT2D eigenvalue weighted by Crippen LogP contribution is -2.22. The van der Waals surface area contributed by atoms with Gasteiger partial charge in [-0.1, -0.05) is 13.8 Å². The van der Waals surface area contributed by atoms with Crippen LogP contribution < -0.4 is 0 Å². The van der Waals surface area contributed by atoms with E-state index in [9.17, 15) is 9.59 Å². The molecule has 0 rings (SSSR count). The molecule has 0 aliphatic carbocycles. The molecule has 0 atom stereocenters. The van der Waals surface area contributed by atoms with Crippen molar-refractivity contribution in [1.82, 2.24) is 0 Å². The van der Waals surface area contributed by atoms with E-state index in [0.29, 0.717) is 0 Å². The molecule has 4 heteroatoms. The molecule has 0 unspecified atom stereocenters. The van der Waals surface area contributed by atoms with Gasteiger partial charge in [0.1, 0.15) is 0 Å². The molecule has 0 aromatic rings. The molecule has 0 N–H and O–H groups in total. The Bertz CT molecular complexity index is 176. The second-order valence-electron chi connectivity index (χ2n) is 3.67. The maximum Gasteiger partial charge on any atom is 0.306 e. The van der Waals surface area contributed by atoms with E-state index in [4.69, 9.17) is 0 Å². The van der Waals surface area contributed by atoms with Crippen LogP contribution in [0.2, 0.25) is 0 Å². The fourth-order valence-corrected chi connectivity index (χ4v) is 0.988. The normalized spacial score (nSPS) is 10.8. The first kappa shape index (κ1) is 11.9. The van der Waals surface area contributed by atoms with Crippen LogP contribution >= 0.6 is 0 Å². The SMILES string of the molecule is COC(=O)CC(C)(C)CC(=O)OC. The van der Waals surface area contributed by atoms with Crippen molar-refractivity contribution >= 4 is 11.9 Å². The number of rotatable bonds is 4. The van der Waals surface area contributed by atoms with Gasteiger partial charge < -0.3 is 9.47 Å². The van der Waals surface area contributed by atoms with Crippen molar-refractivity contribution in [3.8, 4) is 0 Å². The van der Waals surface area contributed by atoms with Crippen LogP contribution in [0.4, 0.5) is 0 Å². The fraction of sp³-hybridized carbons (Fsp3) is 0.778. The lowest BCUT2D eigenvalue weighted by molar-refractivity contribution is -0.146. The first-order valence-corrected chi connectivity index (χ1v) is 4.05. The number of methoxy groups -OCH3 is 2. The summed E-state index contributed by atoms with van der Waals surface area (Å²) in [5.41, 5.74) is -0.403. The Kier molecular flexibility index (Phi) is 4.45. The third-order valence-corrected chi connectivity index (χ3v) is 1.70. The number of hydrogen-bond acceptors (Lipinski definition) is 4. The van der Waals surface area contributed by atoms with E-state index in [1.807, 2.05) is 13.8 Å². The quantitative estimate of drug-likeness (QED) is 0.621. The van der Waals surface area contributed by atoms with Crippen LogP contribution in [0.1, 0.15) is 26.7 Å². The average Bonchev–Trinajstić information content (AvgIpc) is 2.02. The van der Waals surface area contributed by atoms with Gasteiger partial charge in [0, 0.05) is 0 Å². The molecule has 76 valence electrons. The number of carbonyl (C=O) groups excluding carboxylic acids is 2. The van der Waals surface area contributed by atoms with Crippen LogP contribution in [-0.2, 0) is 19.1 Å². The summed E-state index contributed by atoms with van der Waals surface area (Å²) in [7, 11) is 2.66. The van der Waals surface area contributed by atoms with E-state index >= 15 is 0 Å². The zero-order valence-corrected chi connectivity index (χ0v) is 8.55. The molecule has 0 amide bonds. The minimum absolute atomic E-state index is 0.221. The molecule has 0 radical (unpaired) electrons. The highest BCUT2D eigenvalue weighted by Gasteiger charge is 2.26. The highest BCUT2D eigenvalue weighted by atomic mass is 16.5. The second-order valence-corrected chi connectivity index (χ2v) is 3.67. The molecule has 4 nitrogen and oxygen atoms in total. The summed E-state index contributed by atoms with van der Waals surface area (Å²) < 4.78 is 9.02. The summed E-state index contributed by atoms with van der Waals surface area (Å²) in [4.78, 5) is 21.8. The van der Waals surface area contributed by atoms with Gasteiger partial charge in [0.15, 0.2) is 0 Å². The van der Waals surface area contributed by atoms with Gasteiger partial charge in [-0.2, -0.15) is 0 Å². The Labute approximate surface area is 78.2 Å². The Morgan fingerprint density at radius 3 is 1.54 bits per heavy atom. The Hall–Kier alpha value is -1.06. The van der Waals surface area contributed by atoms with Crippen molar-refractivity contribution < 1.29 is 19.1 Å². The molecule has 0 aromatic heterocycles. The van der Waals surface area contributed by atoms with Gasteiger partial charge in [-0.15, -0.1) is 0 Å². The van der Waals surface area contributed by atoms with Gasteiger partial charge in [0.25, 0.3) is 0 Å². The summed E-state index contributed by atoms with van der Waals surface area (Å²) in [6, 6.07) is 0. The molecular weight excluding hydrogens is 172 g/mol. The lowest BCUT2D eigenvalue weighted by atomic mass is 9.86. The Morgan fingerprint density at radius 1 is 1.00 bits per heavy atom. The molecule has 0 saturated heterocycles. The molecule has 13 heavy (non-hydrogen) atoms. The van der Waals surface area contributed by atoms with Crippen molar-refractivity contribution in [2.45, 2.75) is 26.7 Å². The molecule has 0 spiro atoms. The standard InChI is InChI=1S/C9H16O4/c1-9(2,5-7(10)12-3)6-8(11)13-4/h5-6H2,1-4H3. The van der Waals surface area contributed by atoms with Gasteiger partial charge in [0.2, 0.25) is 0 Å². The van der Waals surface area contributed by atoms with E-state index in [0.717, 1.165) is 0 Å². The van der Waals surface area contributed by atoms with Crippen LogP contribution in [0.15, 0.2) is 0 Å². The zero-order chi connectivity index (χ0) is 10.5. The van der Waals surface area contributed by atoms with Crippen LogP contribution in [0.3, 0.4) is 0 Å². The van der Waals surface area contributed by atoms with Crippen molar-refractivity contribution in [1.29, 1.82) is 0 Å². The van der Waals surface area contributed by atoms with Crippen LogP contribution in [-0.4, -0.2) is 26.2 Å². The summed E-state index contributed by atoms with van der Waals surface area (Å²) in [6.45, 7) is 3.64. The molecule has 0 fully saturated rings. The summed E-state index contributed by atoms with van der Waals surface area (Å²) in [5, 5.41) is 0. The van der Waals surface area contributed by atoms with Gasteiger partial charge in [-0.3, -0.25) is 9.59 Å². The third kappa shape index (κ3) is 5.22. The first-order valence-electron chi connectivity index (χ1n) is 4.05. The predicted octanol–water partition coefficient (Wildman–Crippen LogP) is 1.14. The maximum atomic E-state index is 10.9. The van der Waals surface area contributed by atoms with Crippen LogP contribution in [0, 0.1) is 5.41 Å². The number of ether oxygens (including phenoxy) is 2. The molecule has 0 bridgehead atoms. The fourth-order valence-electron chi connectivity index (χ4n) is 0.988. The summed E-state index contributed by atoms with van der Waals surface area (Å²) in [6.07, 6.45) is 0.442. The highest BCUT2D eigenvalue weighted by molar-refractivity contribution is 5.73. The average molecular weight is 188 g/mol. The largest absolute Gasteiger partial charge is 0.469 e. The highest BCUT2D eigenvalue weighted by Crippen LogP contribution is 2.25. The first-order chi connectivity index (χ1) is 5.91. The van der Waals surface area contributed by atoms with E-state index in [-0.39, 0.29) is 24.8 Å². The van der Waals surface area contributed by atoms with Crippen molar-refractivity contribution in [2.75, 3.05) is 14.2 Å². The zero-order valence-electron chi connectivity index (χ0n) is 8.55. The van der Waals surface area contributed by atoms with Crippen LogP contribution in [0.5, 0.6) is 0 Å². The third-order valence-electron chi connectivity index (χ3n) is 1.70. The van der Waals surface area contributed by atoms with Gasteiger partial charge in [-0.05, 0) is 5.41 Å². The minimum Gasteiger partial charge on any atom is -0.469 e. The predicted molar refractivity (Wildman–Crippen MR) is 47.0 cm³/mol. The molecule has 0 heterocycles. The topological polar surface area (TPSA) is 52.6 Å². The van der Waals surface area contributed by atoms with E-state index in [1.165, 1.54) is 14.2 Å². The molecular formula is C9H16O4. The van der Waals surface area contributed by atoms with E-state index in [2.05, 4.69) is 9.47 Å². The monoisotopic (exact) mass is 188 g/mol. The maximum absolute atomic E-state index is 10.9. The number of carbonyl (C=O) groups is 2. The van der Waals surface area contributed by atoms with E-state index in [1.54, 1.807) is 0 Å². The minimum atomic E-state index is -0.403. The molecule has 0 aliphatic rings. The molecule has 0 aromatic carbocycles. The molecule has 0 aliphatic heterocycles. The van der Waals surface area contributed by atoms with Gasteiger partial charge in [-0.25, -0.2) is 0 Å². The summed E-state index contributed by atoms with van der Waals surface area (Å²) >= 11 is 0. The molecule has 0 saturated carbocycles. The van der Waals surface area contributed by atoms with Crippen LogP contribution in [0.25, 0.3) is 0 Å². The van der Waals surface area contributed by atoms with Crippen molar-refractivity contribution in [2.24, 2.45) is 5.41 Å². The Balaban J connectivity index is 4.07. The van der Waals surface area contributed by atoms with Gasteiger partial charge in [0.05, 0.1) is 27.1 Å². The second kappa shape index (κ2) is 4.84. The number of hydrogen-bond donors (Lipinski definition) is 0. The van der Waals surface area contributed by atoms with E-state index < -0.39 is 5.41 Å². The van der Waals surface area contributed by atoms with Crippen molar-refractivity contribution in [3.05, 3.63) is 0 Å². The van der Waals surface area contributed by atoms with Gasteiger partial charge >= 0.3 is 11.9 Å². The lowest BCUT2D eigenvalue weighted by Gasteiger charge is -2.21. The summed E-state index contributed by atoms with van der Waals surface area (Å²) in [5.74, 6) is -0.622. The number of esters is 2. The smallest absolute Gasteiger partial charge is 0.306 e.